The Hall–Kier alpha value is -2.22. The summed E-state index contributed by atoms with van der Waals surface area (Å²) in [6.07, 6.45) is 5.11. The second-order valence-corrected chi connectivity index (χ2v) is 4.28. The molecule has 1 nitrogen and oxygen atoms in total. The molecule has 0 spiro atoms. The summed E-state index contributed by atoms with van der Waals surface area (Å²) in [6, 6.07) is 15.6. The van der Waals surface area contributed by atoms with Crippen LogP contribution in [0.4, 0.5) is 4.39 Å². The van der Waals surface area contributed by atoms with E-state index in [-0.39, 0.29) is 11.6 Å². The first-order valence-electron chi connectivity index (χ1n) is 6.26. The number of hydrogen-bond donors (Lipinski definition) is 0. The molecule has 2 rings (SSSR count). The molecular formula is C17H15FO. The number of carbonyl (C=O) groups excluding carboxylic acids is 1. The van der Waals surface area contributed by atoms with Gasteiger partial charge in [0.2, 0.25) is 0 Å². The lowest BCUT2D eigenvalue weighted by molar-refractivity contribution is 0.0983. The van der Waals surface area contributed by atoms with E-state index < -0.39 is 0 Å². The zero-order chi connectivity index (χ0) is 13.5. The van der Waals surface area contributed by atoms with E-state index in [4.69, 9.17) is 0 Å². The highest BCUT2D eigenvalue weighted by atomic mass is 19.1. The van der Waals surface area contributed by atoms with Crippen molar-refractivity contribution in [2.75, 3.05) is 0 Å². The summed E-state index contributed by atoms with van der Waals surface area (Å²) in [6.45, 7) is 0. The molecule has 0 aliphatic rings. The van der Waals surface area contributed by atoms with Gasteiger partial charge in [-0.2, -0.15) is 0 Å². The van der Waals surface area contributed by atoms with Crippen molar-refractivity contribution < 1.29 is 9.18 Å². The Morgan fingerprint density at radius 2 is 1.68 bits per heavy atom. The molecule has 0 aliphatic heterocycles. The smallest absolute Gasteiger partial charge is 0.163 e. The second kappa shape index (κ2) is 6.64. The van der Waals surface area contributed by atoms with E-state index in [1.54, 1.807) is 0 Å². The molecule has 0 bridgehead atoms. The predicted octanol–water partition coefficient (Wildman–Crippen LogP) is 4.50. The number of hydrogen-bond acceptors (Lipinski definition) is 1. The van der Waals surface area contributed by atoms with Gasteiger partial charge in [0.15, 0.2) is 5.78 Å². The minimum atomic E-state index is -0.319. The lowest BCUT2D eigenvalue weighted by Gasteiger charge is -1.98. The standard InChI is InChI=1S/C17H15FO/c18-16-12-10-15(11-13-16)17(19)9-5-4-8-14-6-2-1-3-7-14/h1-4,6-8,10-13H,5,9H2/b8-4-. The largest absolute Gasteiger partial charge is 0.294 e. The van der Waals surface area contributed by atoms with E-state index in [2.05, 4.69) is 0 Å². The number of halogens is 1. The first-order chi connectivity index (χ1) is 9.25. The maximum atomic E-state index is 12.7. The van der Waals surface area contributed by atoms with Gasteiger partial charge in [0.05, 0.1) is 0 Å². The topological polar surface area (TPSA) is 17.1 Å². The van der Waals surface area contributed by atoms with Crippen LogP contribution in [-0.2, 0) is 0 Å². The number of carbonyl (C=O) groups is 1. The van der Waals surface area contributed by atoms with Crippen LogP contribution in [0.15, 0.2) is 60.7 Å². The lowest BCUT2D eigenvalue weighted by Crippen LogP contribution is -1.97. The zero-order valence-corrected chi connectivity index (χ0v) is 10.6. The number of Topliss-reactive ketones (excluding diaryl/α,β-unsaturated/α-hetero) is 1. The molecule has 0 fully saturated rings. The third kappa shape index (κ3) is 4.18. The summed E-state index contributed by atoms with van der Waals surface area (Å²) < 4.78 is 12.7. The van der Waals surface area contributed by atoms with Crippen LogP contribution in [0.25, 0.3) is 6.08 Å². The van der Waals surface area contributed by atoms with E-state index in [1.165, 1.54) is 24.3 Å². The van der Waals surface area contributed by atoms with Gasteiger partial charge in [0.1, 0.15) is 5.82 Å². The molecule has 2 aromatic carbocycles. The summed E-state index contributed by atoms with van der Waals surface area (Å²) in [5, 5.41) is 0. The second-order valence-electron chi connectivity index (χ2n) is 4.28. The highest BCUT2D eigenvalue weighted by Crippen LogP contribution is 2.09. The van der Waals surface area contributed by atoms with Crippen molar-refractivity contribution in [3.63, 3.8) is 0 Å². The van der Waals surface area contributed by atoms with Gasteiger partial charge in [-0.1, -0.05) is 42.5 Å². The van der Waals surface area contributed by atoms with Gasteiger partial charge < -0.3 is 0 Å². The molecule has 96 valence electrons. The van der Waals surface area contributed by atoms with E-state index in [0.29, 0.717) is 18.4 Å². The SMILES string of the molecule is O=C(CC/C=C\c1ccccc1)c1ccc(F)cc1. The van der Waals surface area contributed by atoms with Crippen molar-refractivity contribution in [2.45, 2.75) is 12.8 Å². The van der Waals surface area contributed by atoms with Crippen LogP contribution < -0.4 is 0 Å². The maximum Gasteiger partial charge on any atom is 0.163 e. The summed E-state index contributed by atoms with van der Waals surface area (Å²) in [7, 11) is 0. The predicted molar refractivity (Wildman–Crippen MR) is 75.4 cm³/mol. The number of ketones is 1. The molecule has 0 atom stereocenters. The molecule has 0 radical (unpaired) electrons. The van der Waals surface area contributed by atoms with E-state index in [1.807, 2.05) is 42.5 Å². The molecule has 0 unspecified atom stereocenters. The van der Waals surface area contributed by atoms with Gasteiger partial charge in [-0.3, -0.25) is 4.79 Å². The number of allylic oxidation sites excluding steroid dienone is 1. The molecule has 2 heteroatoms. The van der Waals surface area contributed by atoms with Crippen LogP contribution in [0.1, 0.15) is 28.8 Å². The Morgan fingerprint density at radius 1 is 1.00 bits per heavy atom. The monoisotopic (exact) mass is 254 g/mol. The van der Waals surface area contributed by atoms with Crippen molar-refractivity contribution in [3.8, 4) is 0 Å². The first kappa shape index (κ1) is 13.2. The Balaban J connectivity index is 1.84. The zero-order valence-electron chi connectivity index (χ0n) is 10.6. The van der Waals surface area contributed by atoms with Gasteiger partial charge >= 0.3 is 0 Å². The van der Waals surface area contributed by atoms with Crippen LogP contribution in [0.5, 0.6) is 0 Å². The molecule has 2 aromatic rings. The van der Waals surface area contributed by atoms with E-state index in [9.17, 15) is 9.18 Å². The quantitative estimate of drug-likeness (QED) is 0.718. The van der Waals surface area contributed by atoms with Crippen LogP contribution in [0.2, 0.25) is 0 Å². The van der Waals surface area contributed by atoms with Crippen molar-refractivity contribution in [1.82, 2.24) is 0 Å². The fraction of sp³-hybridized carbons (Fsp3) is 0.118. The third-order valence-electron chi connectivity index (χ3n) is 2.81. The Morgan fingerprint density at radius 3 is 2.37 bits per heavy atom. The van der Waals surface area contributed by atoms with Gasteiger partial charge in [-0.05, 0) is 36.2 Å². The first-order valence-corrected chi connectivity index (χ1v) is 6.26. The summed E-state index contributed by atoms with van der Waals surface area (Å²) in [5.41, 5.74) is 1.69. The van der Waals surface area contributed by atoms with Gasteiger partial charge in [0.25, 0.3) is 0 Å². The Kier molecular flexibility index (Phi) is 4.62. The number of benzene rings is 2. The van der Waals surface area contributed by atoms with Gasteiger partial charge in [0, 0.05) is 12.0 Å². The third-order valence-corrected chi connectivity index (χ3v) is 2.81. The highest BCUT2D eigenvalue weighted by Gasteiger charge is 2.04. The van der Waals surface area contributed by atoms with Crippen molar-refractivity contribution in [2.24, 2.45) is 0 Å². The molecule has 0 heterocycles. The number of rotatable bonds is 5. The molecule has 0 amide bonds. The molecule has 0 aliphatic carbocycles. The van der Waals surface area contributed by atoms with E-state index >= 15 is 0 Å². The Labute approximate surface area is 112 Å². The molecular weight excluding hydrogens is 239 g/mol. The molecule has 0 saturated carbocycles. The van der Waals surface area contributed by atoms with Gasteiger partial charge in [-0.15, -0.1) is 0 Å². The van der Waals surface area contributed by atoms with Crippen LogP contribution >= 0.6 is 0 Å². The van der Waals surface area contributed by atoms with Crippen LogP contribution in [0, 0.1) is 5.82 Å². The fourth-order valence-electron chi connectivity index (χ4n) is 1.78. The fourth-order valence-corrected chi connectivity index (χ4v) is 1.78. The summed E-state index contributed by atoms with van der Waals surface area (Å²) in [5.74, 6) is -0.279. The summed E-state index contributed by atoms with van der Waals surface area (Å²) in [4.78, 5) is 11.8. The van der Waals surface area contributed by atoms with Crippen LogP contribution in [-0.4, -0.2) is 5.78 Å². The molecule has 0 N–H and O–H groups in total. The molecule has 0 saturated heterocycles. The van der Waals surface area contributed by atoms with Gasteiger partial charge in [-0.25, -0.2) is 4.39 Å². The minimum Gasteiger partial charge on any atom is -0.294 e. The summed E-state index contributed by atoms with van der Waals surface area (Å²) >= 11 is 0. The molecule has 19 heavy (non-hydrogen) atoms. The van der Waals surface area contributed by atoms with Crippen molar-refractivity contribution in [1.29, 1.82) is 0 Å². The lowest BCUT2D eigenvalue weighted by atomic mass is 10.1. The van der Waals surface area contributed by atoms with E-state index in [0.717, 1.165) is 5.56 Å². The maximum absolute atomic E-state index is 12.7. The minimum absolute atomic E-state index is 0.0395. The highest BCUT2D eigenvalue weighted by molar-refractivity contribution is 5.96. The average Bonchev–Trinajstić information content (AvgIpc) is 2.45. The normalized spacial score (nSPS) is 10.8. The Bertz CT molecular complexity index is 556. The van der Waals surface area contributed by atoms with Crippen molar-refractivity contribution >= 4 is 11.9 Å². The van der Waals surface area contributed by atoms with Crippen molar-refractivity contribution in [3.05, 3.63) is 77.6 Å². The van der Waals surface area contributed by atoms with Crippen LogP contribution in [0.3, 0.4) is 0 Å². The average molecular weight is 254 g/mol. The molecule has 0 aromatic heterocycles.